The Morgan fingerprint density at radius 3 is 2.44 bits per heavy atom. The van der Waals surface area contributed by atoms with E-state index in [1.54, 1.807) is 30.7 Å². The van der Waals surface area contributed by atoms with Gasteiger partial charge in [0, 0.05) is 24.6 Å². The average Bonchev–Trinajstić information content (AvgIpc) is 3.18. The lowest BCUT2D eigenvalue weighted by Crippen LogP contribution is -2.14. The zero-order valence-electron chi connectivity index (χ0n) is 13.4. The molecule has 0 bridgehead atoms. The Morgan fingerprint density at radius 2 is 1.88 bits per heavy atom. The summed E-state index contributed by atoms with van der Waals surface area (Å²) in [5.74, 6) is 0.0535. The van der Waals surface area contributed by atoms with Gasteiger partial charge in [-0.3, -0.25) is 9.52 Å². The summed E-state index contributed by atoms with van der Waals surface area (Å²) in [4.78, 5) is 15.9. The molecule has 0 spiro atoms. The molecule has 3 rings (SSSR count). The van der Waals surface area contributed by atoms with Gasteiger partial charge in [-0.2, -0.15) is 8.42 Å². The number of carbonyl (C=O) groups excluding carboxylic acids is 1. The number of nitrogens with zero attached hydrogens (tertiary/aromatic N) is 3. The molecule has 9 nitrogen and oxygen atoms in total. The van der Waals surface area contributed by atoms with Gasteiger partial charge in [-0.05, 0) is 31.2 Å². The number of hydrogen-bond acceptors (Lipinski definition) is 6. The number of nitrogens with one attached hydrogen (secondary N) is 2. The van der Waals surface area contributed by atoms with Crippen LogP contribution in [0.2, 0.25) is 0 Å². The van der Waals surface area contributed by atoms with Crippen LogP contribution in [-0.2, 0) is 17.1 Å². The fourth-order valence-electron chi connectivity index (χ4n) is 2.07. The van der Waals surface area contributed by atoms with Gasteiger partial charge in [-0.1, -0.05) is 5.16 Å². The van der Waals surface area contributed by atoms with E-state index in [2.05, 4.69) is 20.2 Å². The number of carbonyl (C=O) groups is 1. The van der Waals surface area contributed by atoms with Crippen molar-refractivity contribution in [3.8, 4) is 0 Å². The Labute approximate surface area is 143 Å². The van der Waals surface area contributed by atoms with Crippen molar-refractivity contribution in [1.29, 1.82) is 0 Å². The van der Waals surface area contributed by atoms with E-state index in [4.69, 9.17) is 4.52 Å². The maximum atomic E-state index is 12.2. The minimum atomic E-state index is -3.76. The molecular weight excluding hydrogens is 346 g/mol. The summed E-state index contributed by atoms with van der Waals surface area (Å²) in [6.45, 7) is 1.64. The van der Waals surface area contributed by atoms with Gasteiger partial charge in [0.1, 0.15) is 11.3 Å². The van der Waals surface area contributed by atoms with Gasteiger partial charge in [0.15, 0.2) is 5.03 Å². The average molecular weight is 361 g/mol. The van der Waals surface area contributed by atoms with Crippen LogP contribution in [-0.4, -0.2) is 29.0 Å². The van der Waals surface area contributed by atoms with Crippen LogP contribution in [0.15, 0.2) is 52.5 Å². The van der Waals surface area contributed by atoms with E-state index in [9.17, 15) is 13.2 Å². The predicted octanol–water partition coefficient (Wildman–Crippen LogP) is 1.77. The summed E-state index contributed by atoms with van der Waals surface area (Å²) >= 11 is 0. The zero-order valence-corrected chi connectivity index (χ0v) is 14.2. The summed E-state index contributed by atoms with van der Waals surface area (Å²) < 4.78 is 33.2. The van der Waals surface area contributed by atoms with Crippen molar-refractivity contribution in [3.05, 3.63) is 54.3 Å². The lowest BCUT2D eigenvalue weighted by molar-refractivity contribution is 0.102. The van der Waals surface area contributed by atoms with Gasteiger partial charge in [-0.25, -0.2) is 4.98 Å². The van der Waals surface area contributed by atoms with Crippen molar-refractivity contribution in [3.63, 3.8) is 0 Å². The van der Waals surface area contributed by atoms with Crippen LogP contribution in [0.3, 0.4) is 0 Å². The zero-order chi connectivity index (χ0) is 18.0. The minimum Gasteiger partial charge on any atom is -0.361 e. The van der Waals surface area contributed by atoms with E-state index in [-0.39, 0.29) is 10.9 Å². The van der Waals surface area contributed by atoms with E-state index in [1.165, 1.54) is 30.9 Å². The van der Waals surface area contributed by atoms with Crippen molar-refractivity contribution in [1.82, 2.24) is 14.7 Å². The van der Waals surface area contributed by atoms with Crippen molar-refractivity contribution < 1.29 is 17.7 Å². The monoisotopic (exact) mass is 361 g/mol. The third kappa shape index (κ3) is 3.69. The molecule has 0 fully saturated rings. The number of amides is 1. The normalized spacial score (nSPS) is 11.3. The second-order valence-corrected chi connectivity index (χ2v) is 6.94. The van der Waals surface area contributed by atoms with E-state index >= 15 is 0 Å². The van der Waals surface area contributed by atoms with E-state index in [0.29, 0.717) is 22.7 Å². The van der Waals surface area contributed by atoms with Crippen molar-refractivity contribution in [2.24, 2.45) is 7.05 Å². The van der Waals surface area contributed by atoms with Gasteiger partial charge < -0.3 is 14.4 Å². The second-order valence-electron chi connectivity index (χ2n) is 5.31. The lowest BCUT2D eigenvalue weighted by atomic mass is 10.2. The molecule has 25 heavy (non-hydrogen) atoms. The van der Waals surface area contributed by atoms with Gasteiger partial charge in [-0.15, -0.1) is 0 Å². The van der Waals surface area contributed by atoms with Crippen LogP contribution < -0.4 is 10.0 Å². The fourth-order valence-corrected chi connectivity index (χ4v) is 3.11. The van der Waals surface area contributed by atoms with Crippen LogP contribution in [0.5, 0.6) is 0 Å². The molecule has 0 atom stereocenters. The first-order chi connectivity index (χ1) is 11.8. The van der Waals surface area contributed by atoms with Crippen molar-refractivity contribution in [2.75, 3.05) is 10.0 Å². The molecule has 0 saturated heterocycles. The van der Waals surface area contributed by atoms with Crippen LogP contribution in [0, 0.1) is 6.92 Å². The standard InChI is InChI=1S/C15H15N5O4S/c1-10-13(7-17-24-10)15(21)18-11-3-5-12(6-4-11)19-25(22,23)14-8-20(2)9-16-14/h3-9,19H,1-2H3,(H,18,21). The number of imidazole rings is 1. The lowest BCUT2D eigenvalue weighted by Gasteiger charge is -2.08. The number of benzene rings is 1. The highest BCUT2D eigenvalue weighted by molar-refractivity contribution is 7.92. The summed E-state index contributed by atoms with van der Waals surface area (Å²) in [6.07, 6.45) is 4.14. The molecule has 0 saturated carbocycles. The molecule has 130 valence electrons. The van der Waals surface area contributed by atoms with Gasteiger partial charge in [0.25, 0.3) is 15.9 Å². The molecule has 1 amide bonds. The third-order valence-electron chi connectivity index (χ3n) is 3.35. The highest BCUT2D eigenvalue weighted by Gasteiger charge is 2.17. The molecule has 0 radical (unpaired) electrons. The maximum Gasteiger partial charge on any atom is 0.280 e. The molecular formula is C15H15N5O4S. The highest BCUT2D eigenvalue weighted by Crippen LogP contribution is 2.18. The molecule has 0 aliphatic heterocycles. The molecule has 2 aromatic heterocycles. The second kappa shape index (κ2) is 6.40. The summed E-state index contributed by atoms with van der Waals surface area (Å²) in [5.41, 5.74) is 1.19. The van der Waals surface area contributed by atoms with Crippen molar-refractivity contribution >= 4 is 27.3 Å². The molecule has 1 aromatic carbocycles. The summed E-state index contributed by atoms with van der Waals surface area (Å²) in [5, 5.41) is 6.15. The number of hydrogen-bond donors (Lipinski definition) is 2. The van der Waals surface area contributed by atoms with Crippen LogP contribution in [0.25, 0.3) is 0 Å². The quantitative estimate of drug-likeness (QED) is 0.715. The Hall–Kier alpha value is -3.14. The van der Waals surface area contributed by atoms with Crippen molar-refractivity contribution in [2.45, 2.75) is 11.9 Å². The SMILES string of the molecule is Cc1oncc1C(=O)Nc1ccc(NS(=O)(=O)c2cn(C)cn2)cc1. The number of rotatable bonds is 5. The number of aromatic nitrogens is 3. The first kappa shape index (κ1) is 16.7. The first-order valence-electron chi connectivity index (χ1n) is 7.18. The Balaban J connectivity index is 1.70. The maximum absolute atomic E-state index is 12.2. The Kier molecular flexibility index (Phi) is 4.28. The first-order valence-corrected chi connectivity index (χ1v) is 8.67. The van der Waals surface area contributed by atoms with Crippen LogP contribution >= 0.6 is 0 Å². The highest BCUT2D eigenvalue weighted by atomic mass is 32.2. The largest absolute Gasteiger partial charge is 0.361 e. The molecule has 2 heterocycles. The summed E-state index contributed by atoms with van der Waals surface area (Å²) in [7, 11) is -2.08. The fraction of sp³-hybridized carbons (Fsp3) is 0.133. The molecule has 2 N–H and O–H groups in total. The van der Waals surface area contributed by atoms with E-state index in [0.717, 1.165) is 0 Å². The Morgan fingerprint density at radius 1 is 1.20 bits per heavy atom. The Bertz CT molecular complexity index is 1000. The number of aryl methyl sites for hydroxylation is 2. The van der Waals surface area contributed by atoms with Gasteiger partial charge in [0.2, 0.25) is 0 Å². The number of anilines is 2. The van der Waals surface area contributed by atoms with Crippen LogP contribution in [0.1, 0.15) is 16.1 Å². The van der Waals surface area contributed by atoms with Gasteiger partial charge >= 0.3 is 0 Å². The predicted molar refractivity (Wildman–Crippen MR) is 89.7 cm³/mol. The molecule has 10 heteroatoms. The van der Waals surface area contributed by atoms with E-state index < -0.39 is 10.0 Å². The topological polar surface area (TPSA) is 119 Å². The van der Waals surface area contributed by atoms with E-state index in [1.807, 2.05) is 0 Å². The smallest absolute Gasteiger partial charge is 0.280 e. The minimum absolute atomic E-state index is 0.0738. The third-order valence-corrected chi connectivity index (χ3v) is 4.61. The molecule has 0 aliphatic carbocycles. The van der Waals surface area contributed by atoms with Gasteiger partial charge in [0.05, 0.1) is 12.5 Å². The van der Waals surface area contributed by atoms with Crippen LogP contribution in [0.4, 0.5) is 11.4 Å². The summed E-state index contributed by atoms with van der Waals surface area (Å²) in [6, 6.07) is 6.24. The molecule has 0 unspecified atom stereocenters. The number of sulfonamides is 1. The molecule has 3 aromatic rings. The molecule has 0 aliphatic rings.